The van der Waals surface area contributed by atoms with Crippen LogP contribution in [0, 0.1) is 5.82 Å². The van der Waals surface area contributed by atoms with Gasteiger partial charge in [0.25, 0.3) is 10.2 Å². The van der Waals surface area contributed by atoms with E-state index in [1.807, 2.05) is 0 Å². The lowest BCUT2D eigenvalue weighted by atomic mass is 10.2. The molecule has 0 aromatic heterocycles. The van der Waals surface area contributed by atoms with Crippen LogP contribution in [0.2, 0.25) is 0 Å². The molecule has 2 rings (SSSR count). The van der Waals surface area contributed by atoms with Gasteiger partial charge in [-0.3, -0.25) is 4.79 Å². The number of carbonyl (C=O) groups is 1. The van der Waals surface area contributed by atoms with Gasteiger partial charge in [0.15, 0.2) is 0 Å². The normalized spacial score (nSPS) is 17.1. The highest BCUT2D eigenvalue weighted by molar-refractivity contribution is 7.86. The van der Waals surface area contributed by atoms with Crippen molar-refractivity contribution in [2.75, 3.05) is 40.3 Å². The van der Waals surface area contributed by atoms with Crippen LogP contribution in [0.3, 0.4) is 0 Å². The number of benzene rings is 1. The predicted octanol–water partition coefficient (Wildman–Crippen LogP) is 0.790. The Kier molecular flexibility index (Phi) is 5.51. The van der Waals surface area contributed by atoms with Gasteiger partial charge in [-0.2, -0.15) is 17.0 Å². The maximum absolute atomic E-state index is 13.5. The third-order valence-electron chi connectivity index (χ3n) is 3.65. The fraction of sp³-hybridized carbons (Fsp3) is 0.400. The molecule has 0 saturated carbocycles. The summed E-state index contributed by atoms with van der Waals surface area (Å²) in [6.45, 7) is 1.13. The number of hydrogen-bond donors (Lipinski definition) is 0. The Bertz CT molecular complexity index is 696. The van der Waals surface area contributed by atoms with E-state index in [0.29, 0.717) is 18.7 Å². The van der Waals surface area contributed by atoms with Crippen LogP contribution in [0.25, 0.3) is 6.08 Å². The van der Waals surface area contributed by atoms with Gasteiger partial charge in [-0.1, -0.05) is 18.2 Å². The van der Waals surface area contributed by atoms with E-state index in [0.717, 1.165) is 4.31 Å². The van der Waals surface area contributed by atoms with Crippen molar-refractivity contribution >= 4 is 22.2 Å². The van der Waals surface area contributed by atoms with E-state index < -0.39 is 16.0 Å². The summed E-state index contributed by atoms with van der Waals surface area (Å²) >= 11 is 0. The van der Waals surface area contributed by atoms with Gasteiger partial charge in [0.05, 0.1) is 0 Å². The van der Waals surface area contributed by atoms with E-state index in [9.17, 15) is 17.6 Å². The Hall–Kier alpha value is -1.77. The van der Waals surface area contributed by atoms with Crippen molar-refractivity contribution < 1.29 is 17.6 Å². The van der Waals surface area contributed by atoms with E-state index >= 15 is 0 Å². The van der Waals surface area contributed by atoms with Crippen molar-refractivity contribution in [3.63, 3.8) is 0 Å². The summed E-state index contributed by atoms with van der Waals surface area (Å²) in [6, 6.07) is 6.19. The molecule has 6 nitrogen and oxygen atoms in total. The number of nitrogens with zero attached hydrogens (tertiary/aromatic N) is 3. The van der Waals surface area contributed by atoms with Gasteiger partial charge in [-0.05, 0) is 12.1 Å². The van der Waals surface area contributed by atoms with Crippen LogP contribution < -0.4 is 0 Å². The Balaban J connectivity index is 1.95. The molecule has 126 valence electrons. The van der Waals surface area contributed by atoms with Crippen LogP contribution in [-0.2, 0) is 15.0 Å². The molecule has 1 saturated heterocycles. The number of halogens is 1. The zero-order chi connectivity index (χ0) is 17.0. The number of carbonyl (C=O) groups excluding carboxylic acids is 1. The summed E-state index contributed by atoms with van der Waals surface area (Å²) < 4.78 is 40.0. The van der Waals surface area contributed by atoms with E-state index in [4.69, 9.17) is 0 Å². The van der Waals surface area contributed by atoms with E-state index in [1.54, 1.807) is 23.1 Å². The van der Waals surface area contributed by atoms with Gasteiger partial charge in [-0.25, -0.2) is 4.39 Å². The molecule has 1 aromatic rings. The minimum atomic E-state index is -3.45. The highest BCUT2D eigenvalue weighted by Gasteiger charge is 2.29. The molecular weight excluding hydrogens is 321 g/mol. The molecule has 0 unspecified atom stereocenters. The molecule has 1 fully saturated rings. The van der Waals surface area contributed by atoms with Crippen molar-refractivity contribution in [3.8, 4) is 0 Å². The maximum Gasteiger partial charge on any atom is 0.281 e. The van der Waals surface area contributed by atoms with Gasteiger partial charge in [0.2, 0.25) is 5.91 Å². The molecule has 0 radical (unpaired) electrons. The number of piperazine rings is 1. The first kappa shape index (κ1) is 17.6. The molecule has 1 aromatic carbocycles. The number of amides is 1. The average molecular weight is 341 g/mol. The van der Waals surface area contributed by atoms with Gasteiger partial charge in [-0.15, -0.1) is 0 Å². The predicted molar refractivity (Wildman–Crippen MR) is 86.2 cm³/mol. The molecule has 1 heterocycles. The van der Waals surface area contributed by atoms with Crippen molar-refractivity contribution in [1.29, 1.82) is 0 Å². The zero-order valence-electron chi connectivity index (χ0n) is 13.1. The zero-order valence-corrected chi connectivity index (χ0v) is 14.0. The highest BCUT2D eigenvalue weighted by Crippen LogP contribution is 2.12. The minimum Gasteiger partial charge on any atom is -0.337 e. The molecule has 23 heavy (non-hydrogen) atoms. The molecule has 0 atom stereocenters. The molecule has 0 N–H and O–H groups in total. The first-order valence-corrected chi connectivity index (χ1v) is 8.61. The Morgan fingerprint density at radius 1 is 1.17 bits per heavy atom. The largest absolute Gasteiger partial charge is 0.337 e. The third kappa shape index (κ3) is 4.15. The van der Waals surface area contributed by atoms with Crippen LogP contribution in [0.4, 0.5) is 4.39 Å². The second-order valence-corrected chi connectivity index (χ2v) is 7.51. The third-order valence-corrected chi connectivity index (χ3v) is 5.59. The fourth-order valence-corrected chi connectivity index (χ4v) is 3.33. The lowest BCUT2D eigenvalue weighted by Crippen LogP contribution is -2.52. The summed E-state index contributed by atoms with van der Waals surface area (Å²) in [6.07, 6.45) is 2.75. The molecule has 0 spiro atoms. The van der Waals surface area contributed by atoms with Crippen molar-refractivity contribution in [2.24, 2.45) is 0 Å². The second-order valence-electron chi connectivity index (χ2n) is 5.37. The molecule has 1 aliphatic rings. The lowest BCUT2D eigenvalue weighted by Gasteiger charge is -2.34. The molecular formula is C15H20FN3O3S. The van der Waals surface area contributed by atoms with Crippen LogP contribution in [0.15, 0.2) is 30.3 Å². The minimum absolute atomic E-state index is 0.250. The molecule has 0 aliphatic carbocycles. The molecule has 8 heteroatoms. The van der Waals surface area contributed by atoms with Gasteiger partial charge >= 0.3 is 0 Å². The highest BCUT2D eigenvalue weighted by atomic mass is 32.2. The van der Waals surface area contributed by atoms with E-state index in [1.165, 1.54) is 36.6 Å². The first-order valence-electron chi connectivity index (χ1n) is 7.21. The van der Waals surface area contributed by atoms with Crippen LogP contribution in [0.5, 0.6) is 0 Å². The summed E-state index contributed by atoms with van der Waals surface area (Å²) in [5.41, 5.74) is 0.342. The standard InChI is InChI=1S/C15H20FN3O3S/c1-17(2)23(21,22)19-11-9-18(10-12-19)15(20)8-7-13-5-3-4-6-14(13)16/h3-8H,9-12H2,1-2H3/b8-7+. The van der Waals surface area contributed by atoms with Gasteiger partial charge < -0.3 is 4.90 Å². The van der Waals surface area contributed by atoms with Crippen molar-refractivity contribution in [2.45, 2.75) is 0 Å². The second kappa shape index (κ2) is 7.20. The van der Waals surface area contributed by atoms with Crippen LogP contribution >= 0.6 is 0 Å². The van der Waals surface area contributed by atoms with E-state index in [-0.39, 0.29) is 19.0 Å². The first-order chi connectivity index (χ1) is 10.8. The molecule has 1 aliphatic heterocycles. The lowest BCUT2D eigenvalue weighted by molar-refractivity contribution is -0.127. The summed E-state index contributed by atoms with van der Waals surface area (Å²) in [7, 11) is -0.496. The Morgan fingerprint density at radius 2 is 1.78 bits per heavy atom. The SMILES string of the molecule is CN(C)S(=O)(=O)N1CCN(C(=O)/C=C/c2ccccc2F)CC1. The van der Waals surface area contributed by atoms with Gasteiger partial charge in [0.1, 0.15) is 5.82 Å². The van der Waals surface area contributed by atoms with Crippen LogP contribution in [0.1, 0.15) is 5.56 Å². The van der Waals surface area contributed by atoms with Crippen molar-refractivity contribution in [1.82, 2.24) is 13.5 Å². The number of hydrogen-bond acceptors (Lipinski definition) is 3. The summed E-state index contributed by atoms with van der Waals surface area (Å²) in [5.74, 6) is -0.645. The Labute approximate surface area is 136 Å². The smallest absolute Gasteiger partial charge is 0.281 e. The average Bonchev–Trinajstić information content (AvgIpc) is 2.53. The monoisotopic (exact) mass is 341 g/mol. The van der Waals surface area contributed by atoms with Crippen LogP contribution in [-0.4, -0.2) is 68.1 Å². The topological polar surface area (TPSA) is 60.9 Å². The van der Waals surface area contributed by atoms with Crippen molar-refractivity contribution in [3.05, 3.63) is 41.7 Å². The quantitative estimate of drug-likeness (QED) is 0.761. The van der Waals surface area contributed by atoms with E-state index in [2.05, 4.69) is 0 Å². The molecule has 1 amide bonds. The maximum atomic E-state index is 13.5. The fourth-order valence-electron chi connectivity index (χ4n) is 2.25. The van der Waals surface area contributed by atoms with Gasteiger partial charge in [0, 0.05) is 51.9 Å². The summed E-state index contributed by atoms with van der Waals surface area (Å²) in [4.78, 5) is 13.7. The Morgan fingerprint density at radius 3 is 2.35 bits per heavy atom. The number of rotatable bonds is 4. The molecule has 0 bridgehead atoms. The summed E-state index contributed by atoms with van der Waals surface area (Å²) in [5, 5.41) is 0.